The third kappa shape index (κ3) is 4.68. The molecule has 1 heterocycles. The molecule has 0 aromatic rings. The van der Waals surface area contributed by atoms with E-state index in [1.807, 2.05) is 0 Å². The number of nitrogens with one attached hydrogen (secondary N) is 2. The van der Waals surface area contributed by atoms with Crippen LogP contribution in [0.25, 0.3) is 0 Å². The van der Waals surface area contributed by atoms with Crippen LogP contribution in [-0.4, -0.2) is 49.1 Å². The molecule has 2 N–H and O–H groups in total. The van der Waals surface area contributed by atoms with E-state index in [2.05, 4.69) is 36.3 Å². The van der Waals surface area contributed by atoms with Gasteiger partial charge >= 0.3 is 0 Å². The number of guanidine groups is 1. The third-order valence-electron chi connectivity index (χ3n) is 4.23. The second kappa shape index (κ2) is 7.13. The van der Waals surface area contributed by atoms with Gasteiger partial charge in [-0.25, -0.2) is 0 Å². The van der Waals surface area contributed by atoms with Gasteiger partial charge in [-0.2, -0.15) is 0 Å². The van der Waals surface area contributed by atoms with Gasteiger partial charge in [0.15, 0.2) is 5.96 Å². The average molecular weight is 266 g/mol. The molecule has 1 aliphatic heterocycles. The van der Waals surface area contributed by atoms with Crippen molar-refractivity contribution in [1.29, 1.82) is 0 Å². The molecule has 0 bridgehead atoms. The van der Waals surface area contributed by atoms with Crippen molar-refractivity contribution < 1.29 is 0 Å². The zero-order valence-electron chi connectivity index (χ0n) is 12.8. The van der Waals surface area contributed by atoms with Crippen molar-refractivity contribution >= 4 is 5.96 Å². The fourth-order valence-electron chi connectivity index (χ4n) is 2.66. The van der Waals surface area contributed by atoms with Crippen molar-refractivity contribution in [3.05, 3.63) is 0 Å². The molecular weight excluding hydrogens is 236 g/mol. The lowest BCUT2D eigenvalue weighted by atomic mass is 10.1. The number of hydrogen-bond acceptors (Lipinski definition) is 2. The second-order valence-corrected chi connectivity index (χ2v) is 6.05. The molecule has 0 amide bonds. The largest absolute Gasteiger partial charge is 0.357 e. The maximum absolute atomic E-state index is 4.77. The first-order valence-electron chi connectivity index (χ1n) is 8.01. The lowest BCUT2D eigenvalue weighted by Gasteiger charge is -2.17. The molecule has 1 saturated carbocycles. The first-order valence-corrected chi connectivity index (χ1v) is 8.01. The number of hydrogen-bond donors (Lipinski definition) is 2. The summed E-state index contributed by atoms with van der Waals surface area (Å²) in [6.07, 6.45) is 5.30. The lowest BCUT2D eigenvalue weighted by Crippen LogP contribution is -2.42. The Hall–Kier alpha value is -0.770. The molecule has 1 aliphatic carbocycles. The van der Waals surface area contributed by atoms with Crippen LogP contribution in [-0.2, 0) is 0 Å². The third-order valence-corrected chi connectivity index (χ3v) is 4.23. The Labute approximate surface area is 118 Å². The van der Waals surface area contributed by atoms with Gasteiger partial charge in [0.05, 0.1) is 0 Å². The van der Waals surface area contributed by atoms with Crippen LogP contribution in [0.5, 0.6) is 0 Å². The molecule has 19 heavy (non-hydrogen) atoms. The van der Waals surface area contributed by atoms with Crippen LogP contribution in [0.4, 0.5) is 0 Å². The summed E-state index contributed by atoms with van der Waals surface area (Å²) in [5, 5.41) is 6.81. The SMILES string of the molecule is CCNC(=NCC1CCN(C2CC2)C1)NC(C)CC. The summed E-state index contributed by atoms with van der Waals surface area (Å²) in [6.45, 7) is 11.0. The molecule has 1 saturated heterocycles. The van der Waals surface area contributed by atoms with Crippen LogP contribution in [0.3, 0.4) is 0 Å². The second-order valence-electron chi connectivity index (χ2n) is 6.05. The predicted molar refractivity (Wildman–Crippen MR) is 81.6 cm³/mol. The van der Waals surface area contributed by atoms with Crippen molar-refractivity contribution in [2.45, 2.75) is 58.5 Å². The van der Waals surface area contributed by atoms with E-state index in [-0.39, 0.29) is 0 Å². The van der Waals surface area contributed by atoms with Gasteiger partial charge in [0.2, 0.25) is 0 Å². The Morgan fingerprint density at radius 1 is 1.32 bits per heavy atom. The van der Waals surface area contributed by atoms with E-state index in [4.69, 9.17) is 4.99 Å². The smallest absolute Gasteiger partial charge is 0.191 e. The maximum atomic E-state index is 4.77. The summed E-state index contributed by atoms with van der Waals surface area (Å²) < 4.78 is 0. The molecule has 2 unspecified atom stereocenters. The van der Waals surface area contributed by atoms with Gasteiger partial charge in [0, 0.05) is 31.7 Å². The highest BCUT2D eigenvalue weighted by Crippen LogP contribution is 2.31. The topological polar surface area (TPSA) is 39.7 Å². The molecule has 4 nitrogen and oxygen atoms in total. The monoisotopic (exact) mass is 266 g/mol. The summed E-state index contributed by atoms with van der Waals surface area (Å²) in [6, 6.07) is 1.41. The standard InChI is InChI=1S/C15H30N4/c1-4-12(3)18-15(16-5-2)17-10-13-8-9-19(11-13)14-6-7-14/h12-14H,4-11H2,1-3H3,(H2,16,17,18). The lowest BCUT2D eigenvalue weighted by molar-refractivity contribution is 0.315. The summed E-state index contributed by atoms with van der Waals surface area (Å²) in [7, 11) is 0. The molecule has 2 fully saturated rings. The Morgan fingerprint density at radius 2 is 2.11 bits per heavy atom. The van der Waals surface area contributed by atoms with Crippen molar-refractivity contribution in [2.24, 2.45) is 10.9 Å². The van der Waals surface area contributed by atoms with E-state index in [1.54, 1.807) is 0 Å². The predicted octanol–water partition coefficient (Wildman–Crippen LogP) is 1.82. The molecular formula is C15H30N4. The van der Waals surface area contributed by atoms with E-state index in [9.17, 15) is 0 Å². The molecule has 0 aromatic heterocycles. The zero-order valence-corrected chi connectivity index (χ0v) is 12.8. The maximum Gasteiger partial charge on any atom is 0.191 e. The quantitative estimate of drug-likeness (QED) is 0.569. The van der Waals surface area contributed by atoms with Crippen LogP contribution >= 0.6 is 0 Å². The van der Waals surface area contributed by atoms with E-state index in [0.717, 1.165) is 37.4 Å². The number of likely N-dealkylation sites (tertiary alicyclic amines) is 1. The van der Waals surface area contributed by atoms with Crippen molar-refractivity contribution in [3.63, 3.8) is 0 Å². The van der Waals surface area contributed by atoms with Crippen LogP contribution < -0.4 is 10.6 Å². The Bertz CT molecular complexity index is 299. The number of nitrogens with zero attached hydrogens (tertiary/aromatic N) is 2. The summed E-state index contributed by atoms with van der Waals surface area (Å²) in [5.74, 6) is 1.75. The van der Waals surface area contributed by atoms with Gasteiger partial charge < -0.3 is 15.5 Å². The van der Waals surface area contributed by atoms with Gasteiger partial charge in [-0.05, 0) is 52.0 Å². The minimum absolute atomic E-state index is 0.490. The van der Waals surface area contributed by atoms with E-state index < -0.39 is 0 Å². The Kier molecular flexibility index (Phi) is 5.49. The minimum atomic E-state index is 0.490. The molecule has 2 rings (SSSR count). The Balaban J connectivity index is 1.76. The van der Waals surface area contributed by atoms with Gasteiger partial charge in [0.1, 0.15) is 0 Å². The van der Waals surface area contributed by atoms with Gasteiger partial charge in [-0.1, -0.05) is 6.92 Å². The molecule has 0 aromatic carbocycles. The number of rotatable bonds is 6. The summed E-state index contributed by atoms with van der Waals surface area (Å²) >= 11 is 0. The summed E-state index contributed by atoms with van der Waals surface area (Å²) in [4.78, 5) is 7.43. The van der Waals surface area contributed by atoms with Crippen LogP contribution in [0.2, 0.25) is 0 Å². The Morgan fingerprint density at radius 3 is 2.74 bits per heavy atom. The van der Waals surface area contributed by atoms with Gasteiger partial charge in [-0.3, -0.25) is 4.99 Å². The van der Waals surface area contributed by atoms with E-state index >= 15 is 0 Å². The van der Waals surface area contributed by atoms with Crippen LogP contribution in [0.1, 0.15) is 46.5 Å². The molecule has 2 aliphatic rings. The fourth-order valence-corrected chi connectivity index (χ4v) is 2.66. The minimum Gasteiger partial charge on any atom is -0.357 e. The fraction of sp³-hybridized carbons (Fsp3) is 0.933. The van der Waals surface area contributed by atoms with Crippen molar-refractivity contribution in [1.82, 2.24) is 15.5 Å². The normalized spacial score (nSPS) is 26.5. The average Bonchev–Trinajstić information content (AvgIpc) is 3.15. The van der Waals surface area contributed by atoms with Crippen molar-refractivity contribution in [2.75, 3.05) is 26.2 Å². The highest BCUT2D eigenvalue weighted by atomic mass is 15.2. The van der Waals surface area contributed by atoms with Crippen molar-refractivity contribution in [3.8, 4) is 0 Å². The summed E-state index contributed by atoms with van der Waals surface area (Å²) in [5.41, 5.74) is 0. The van der Waals surface area contributed by atoms with E-state index in [0.29, 0.717) is 6.04 Å². The molecule has 0 spiro atoms. The molecule has 110 valence electrons. The first-order chi connectivity index (χ1) is 9.22. The molecule has 0 radical (unpaired) electrons. The van der Waals surface area contributed by atoms with Crippen LogP contribution in [0, 0.1) is 5.92 Å². The van der Waals surface area contributed by atoms with Crippen LogP contribution in [0.15, 0.2) is 4.99 Å². The number of aliphatic imine (C=N–C) groups is 1. The molecule has 4 heteroatoms. The molecule has 2 atom stereocenters. The first kappa shape index (κ1) is 14.6. The van der Waals surface area contributed by atoms with E-state index in [1.165, 1.54) is 32.4 Å². The zero-order chi connectivity index (χ0) is 13.7. The highest BCUT2D eigenvalue weighted by Gasteiger charge is 2.34. The van der Waals surface area contributed by atoms with Gasteiger partial charge in [0.25, 0.3) is 0 Å². The highest BCUT2D eigenvalue weighted by molar-refractivity contribution is 5.80. The van der Waals surface area contributed by atoms with Gasteiger partial charge in [-0.15, -0.1) is 0 Å².